The van der Waals surface area contributed by atoms with E-state index in [1.54, 1.807) is 4.90 Å². The summed E-state index contributed by atoms with van der Waals surface area (Å²) < 4.78 is 5.88. The number of amides is 2. The van der Waals surface area contributed by atoms with Crippen LogP contribution in [0.4, 0.5) is 0 Å². The van der Waals surface area contributed by atoms with Gasteiger partial charge in [-0.2, -0.15) is 0 Å². The number of hydrogen-bond acceptors (Lipinski definition) is 4. The van der Waals surface area contributed by atoms with Crippen LogP contribution in [0.15, 0.2) is 30.3 Å². The maximum absolute atomic E-state index is 12.9. The summed E-state index contributed by atoms with van der Waals surface area (Å²) in [5.41, 5.74) is 1.06. The molecule has 4 rings (SSSR count). The molecule has 2 aliphatic heterocycles. The highest BCUT2D eigenvalue weighted by molar-refractivity contribution is 5.97. The van der Waals surface area contributed by atoms with Crippen molar-refractivity contribution in [3.05, 3.63) is 35.9 Å². The van der Waals surface area contributed by atoms with Gasteiger partial charge in [0, 0.05) is 26.2 Å². The molecule has 3 atom stereocenters. The van der Waals surface area contributed by atoms with Gasteiger partial charge < -0.3 is 15.0 Å². The van der Waals surface area contributed by atoms with Crippen molar-refractivity contribution < 1.29 is 14.3 Å². The second kappa shape index (κ2) is 7.37. The van der Waals surface area contributed by atoms with Gasteiger partial charge in [-0.3, -0.25) is 14.5 Å². The summed E-state index contributed by atoms with van der Waals surface area (Å²) >= 11 is 0. The molecule has 0 unspecified atom stereocenters. The lowest BCUT2D eigenvalue weighted by Crippen LogP contribution is -2.71. The standard InChI is InChI=1S/C20H27N3O3/c1-14(26-13-16-5-3-2-4-6-16)18-20(25)23-10-9-22(11-15-7-8-15)12-17(23)19(24)21-18/h2-6,14-15,17-18H,7-13H2,1H3,(H,21,24)/t14-,17-,18+/m1/s1. The van der Waals surface area contributed by atoms with Crippen LogP contribution in [0.2, 0.25) is 0 Å². The van der Waals surface area contributed by atoms with Gasteiger partial charge in [-0.1, -0.05) is 30.3 Å². The van der Waals surface area contributed by atoms with Crippen LogP contribution in [-0.4, -0.2) is 66.0 Å². The molecule has 1 aromatic carbocycles. The lowest BCUT2D eigenvalue weighted by molar-refractivity contribution is -0.157. The molecule has 2 amide bonds. The monoisotopic (exact) mass is 357 g/mol. The topological polar surface area (TPSA) is 61.9 Å². The van der Waals surface area contributed by atoms with Crippen molar-refractivity contribution in [2.45, 2.75) is 44.6 Å². The van der Waals surface area contributed by atoms with E-state index in [4.69, 9.17) is 4.74 Å². The third-order valence-electron chi connectivity index (χ3n) is 5.65. The average Bonchev–Trinajstić information content (AvgIpc) is 3.47. The van der Waals surface area contributed by atoms with Gasteiger partial charge in [-0.25, -0.2) is 0 Å². The molecule has 1 aromatic rings. The van der Waals surface area contributed by atoms with Crippen LogP contribution in [0, 0.1) is 5.92 Å². The van der Waals surface area contributed by atoms with Crippen LogP contribution in [0.3, 0.4) is 0 Å². The molecule has 2 saturated heterocycles. The number of benzene rings is 1. The second-order valence-electron chi connectivity index (χ2n) is 7.74. The van der Waals surface area contributed by atoms with Crippen LogP contribution in [0.1, 0.15) is 25.3 Å². The fraction of sp³-hybridized carbons (Fsp3) is 0.600. The van der Waals surface area contributed by atoms with Gasteiger partial charge in [0.25, 0.3) is 0 Å². The Balaban J connectivity index is 1.35. The molecule has 2 heterocycles. The quantitative estimate of drug-likeness (QED) is 0.826. The highest BCUT2D eigenvalue weighted by Crippen LogP contribution is 2.30. The Bertz CT molecular complexity index is 662. The molecule has 1 N–H and O–H groups in total. The first-order valence-corrected chi connectivity index (χ1v) is 9.60. The van der Waals surface area contributed by atoms with E-state index in [1.165, 1.54) is 12.8 Å². The van der Waals surface area contributed by atoms with E-state index in [0.29, 0.717) is 19.7 Å². The number of ether oxygens (including phenoxy) is 1. The molecule has 140 valence electrons. The summed E-state index contributed by atoms with van der Waals surface area (Å²) in [5.74, 6) is 0.731. The van der Waals surface area contributed by atoms with E-state index < -0.39 is 6.04 Å². The smallest absolute Gasteiger partial charge is 0.248 e. The van der Waals surface area contributed by atoms with Crippen LogP contribution in [0.25, 0.3) is 0 Å². The Morgan fingerprint density at radius 2 is 1.96 bits per heavy atom. The van der Waals surface area contributed by atoms with Gasteiger partial charge in [-0.05, 0) is 31.2 Å². The first-order chi connectivity index (χ1) is 12.6. The zero-order chi connectivity index (χ0) is 18.1. The lowest BCUT2D eigenvalue weighted by Gasteiger charge is -2.46. The molecule has 6 nitrogen and oxygen atoms in total. The Labute approximate surface area is 154 Å². The molecular formula is C20H27N3O3. The molecule has 0 aromatic heterocycles. The number of rotatable bonds is 6. The van der Waals surface area contributed by atoms with Crippen molar-refractivity contribution in [1.29, 1.82) is 0 Å². The molecule has 0 radical (unpaired) electrons. The van der Waals surface area contributed by atoms with Crippen molar-refractivity contribution >= 4 is 11.8 Å². The van der Waals surface area contributed by atoms with Gasteiger partial charge in [0.15, 0.2) is 0 Å². The molecule has 3 aliphatic rings. The summed E-state index contributed by atoms with van der Waals surface area (Å²) in [6.07, 6.45) is 2.24. The molecule has 0 spiro atoms. The summed E-state index contributed by atoms with van der Waals surface area (Å²) in [7, 11) is 0. The van der Waals surface area contributed by atoms with Crippen molar-refractivity contribution in [3.8, 4) is 0 Å². The van der Waals surface area contributed by atoms with Gasteiger partial charge in [-0.15, -0.1) is 0 Å². The van der Waals surface area contributed by atoms with Crippen molar-refractivity contribution in [2.75, 3.05) is 26.2 Å². The Kier molecular flexibility index (Phi) is 4.96. The minimum absolute atomic E-state index is 0.0127. The Hall–Kier alpha value is -1.92. The summed E-state index contributed by atoms with van der Waals surface area (Å²) in [6, 6.07) is 8.91. The molecule has 1 saturated carbocycles. The first kappa shape index (κ1) is 17.5. The van der Waals surface area contributed by atoms with Crippen molar-refractivity contribution in [1.82, 2.24) is 15.1 Å². The summed E-state index contributed by atoms with van der Waals surface area (Å²) in [5, 5.41) is 2.91. The van der Waals surface area contributed by atoms with E-state index in [9.17, 15) is 9.59 Å². The zero-order valence-electron chi connectivity index (χ0n) is 15.3. The zero-order valence-corrected chi connectivity index (χ0v) is 15.3. The number of fused-ring (bicyclic) bond motifs is 1. The number of nitrogens with zero attached hydrogens (tertiary/aromatic N) is 2. The Morgan fingerprint density at radius 3 is 2.69 bits per heavy atom. The predicted octanol–water partition coefficient (Wildman–Crippen LogP) is 1.01. The molecule has 1 aliphatic carbocycles. The van der Waals surface area contributed by atoms with Crippen LogP contribution in [-0.2, 0) is 20.9 Å². The molecule has 26 heavy (non-hydrogen) atoms. The average molecular weight is 357 g/mol. The Morgan fingerprint density at radius 1 is 1.19 bits per heavy atom. The minimum atomic E-state index is -0.600. The summed E-state index contributed by atoms with van der Waals surface area (Å²) in [4.78, 5) is 29.6. The van der Waals surface area contributed by atoms with Crippen molar-refractivity contribution in [3.63, 3.8) is 0 Å². The minimum Gasteiger partial charge on any atom is -0.371 e. The highest BCUT2D eigenvalue weighted by atomic mass is 16.5. The number of carbonyl (C=O) groups is 2. The van der Waals surface area contributed by atoms with E-state index >= 15 is 0 Å². The number of carbonyl (C=O) groups excluding carboxylic acids is 2. The van der Waals surface area contributed by atoms with Crippen LogP contribution < -0.4 is 5.32 Å². The van der Waals surface area contributed by atoms with Crippen LogP contribution in [0.5, 0.6) is 0 Å². The fourth-order valence-corrected chi connectivity index (χ4v) is 3.87. The molecular weight excluding hydrogens is 330 g/mol. The highest BCUT2D eigenvalue weighted by Gasteiger charge is 2.45. The van der Waals surface area contributed by atoms with Gasteiger partial charge in [0.1, 0.15) is 12.1 Å². The van der Waals surface area contributed by atoms with Crippen molar-refractivity contribution in [2.24, 2.45) is 5.92 Å². The van der Waals surface area contributed by atoms with Gasteiger partial charge >= 0.3 is 0 Å². The third-order valence-corrected chi connectivity index (χ3v) is 5.65. The van der Waals surface area contributed by atoms with Gasteiger partial charge in [0.05, 0.1) is 12.7 Å². The normalized spacial score (nSPS) is 27.8. The molecule has 3 fully saturated rings. The van der Waals surface area contributed by atoms with Crippen LogP contribution >= 0.6 is 0 Å². The maximum atomic E-state index is 12.9. The second-order valence-corrected chi connectivity index (χ2v) is 7.74. The number of nitrogens with one attached hydrogen (secondary N) is 1. The van der Waals surface area contributed by atoms with E-state index in [1.807, 2.05) is 37.3 Å². The van der Waals surface area contributed by atoms with E-state index in [2.05, 4.69) is 10.2 Å². The molecule has 6 heteroatoms. The summed E-state index contributed by atoms with van der Waals surface area (Å²) in [6.45, 7) is 5.49. The fourth-order valence-electron chi connectivity index (χ4n) is 3.87. The predicted molar refractivity (Wildman–Crippen MR) is 97.3 cm³/mol. The van der Waals surface area contributed by atoms with Gasteiger partial charge in [0.2, 0.25) is 11.8 Å². The first-order valence-electron chi connectivity index (χ1n) is 9.60. The lowest BCUT2D eigenvalue weighted by atomic mass is 10.0. The SMILES string of the molecule is C[C@@H](OCc1ccccc1)[C@@H]1NC(=O)[C@H]2CN(CC3CC3)CCN2C1=O. The largest absolute Gasteiger partial charge is 0.371 e. The van der Waals surface area contributed by atoms with E-state index in [-0.39, 0.29) is 24.0 Å². The third kappa shape index (κ3) is 3.76. The number of hydrogen-bond donors (Lipinski definition) is 1. The van der Waals surface area contributed by atoms with E-state index in [0.717, 1.165) is 24.6 Å². The number of piperazine rings is 2. The molecule has 0 bridgehead atoms. The maximum Gasteiger partial charge on any atom is 0.248 e.